The molecule has 2 aromatic heterocycles. The third kappa shape index (κ3) is 3.68. The van der Waals surface area contributed by atoms with Crippen LogP contribution in [0, 0.1) is 11.8 Å². The first-order valence-corrected chi connectivity index (χ1v) is 11.7. The highest BCUT2D eigenvalue weighted by molar-refractivity contribution is 7.15. The fraction of sp³-hybridized carbons (Fsp3) is 0.667. The summed E-state index contributed by atoms with van der Waals surface area (Å²) in [5.74, 6) is 1.21. The van der Waals surface area contributed by atoms with E-state index >= 15 is 0 Å². The predicted octanol–water partition coefficient (Wildman–Crippen LogP) is 1.78. The van der Waals surface area contributed by atoms with Crippen LogP contribution in [0.5, 0.6) is 0 Å². The van der Waals surface area contributed by atoms with Crippen molar-refractivity contribution < 1.29 is 9.59 Å². The minimum atomic E-state index is 0.0316. The molecule has 2 amide bonds. The van der Waals surface area contributed by atoms with Crippen molar-refractivity contribution in [3.63, 3.8) is 0 Å². The molecule has 0 aliphatic carbocycles. The maximum Gasteiger partial charge on any atom is 0.228 e. The van der Waals surface area contributed by atoms with Crippen molar-refractivity contribution in [1.82, 2.24) is 24.5 Å². The maximum absolute atomic E-state index is 13.1. The van der Waals surface area contributed by atoms with Crippen LogP contribution in [0.4, 0.5) is 0 Å². The Bertz CT molecular complexity index is 879. The SMILES string of the molecule is CC(=O)NC[C@H]1[C@H]2C[C@H](CN(C(=O)Cc3cn4ccsc4n3)C2)[C@@H]2CCCCN21. The topological polar surface area (TPSA) is 70.0 Å². The highest BCUT2D eigenvalue weighted by Crippen LogP contribution is 2.41. The van der Waals surface area contributed by atoms with Crippen LogP contribution in [0.2, 0.25) is 0 Å². The lowest BCUT2D eigenvalue weighted by molar-refractivity contribution is -0.140. The van der Waals surface area contributed by atoms with Gasteiger partial charge in [0.05, 0.1) is 12.1 Å². The standard InChI is InChI=1S/C21H29N5O2S/c1-14(27)22-10-19-16-8-15(18-4-2-3-5-26(18)19)11-25(12-16)20(28)9-17-13-24-6-7-29-21(24)23-17/h6-7,13,15-16,18-19H,2-5,8-12H2,1H3,(H,22,27)/t15-,16+,18+,19+/m1/s1. The highest BCUT2D eigenvalue weighted by atomic mass is 32.1. The van der Waals surface area contributed by atoms with Crippen LogP contribution >= 0.6 is 11.3 Å². The fourth-order valence-electron chi connectivity index (χ4n) is 5.77. The number of hydrogen-bond acceptors (Lipinski definition) is 5. The molecule has 1 N–H and O–H groups in total. The van der Waals surface area contributed by atoms with Crippen LogP contribution in [0.15, 0.2) is 17.8 Å². The van der Waals surface area contributed by atoms with E-state index < -0.39 is 0 Å². The molecule has 156 valence electrons. The zero-order valence-corrected chi connectivity index (χ0v) is 17.7. The molecule has 4 atom stereocenters. The smallest absolute Gasteiger partial charge is 0.228 e. The van der Waals surface area contributed by atoms with Crippen molar-refractivity contribution in [2.24, 2.45) is 11.8 Å². The van der Waals surface area contributed by atoms with Crippen LogP contribution in [0.3, 0.4) is 0 Å². The summed E-state index contributed by atoms with van der Waals surface area (Å²) in [5.41, 5.74) is 0.853. The van der Waals surface area contributed by atoms with Gasteiger partial charge in [-0.2, -0.15) is 0 Å². The Labute approximate surface area is 175 Å². The molecule has 5 heterocycles. The average Bonchev–Trinajstić information content (AvgIpc) is 3.29. The van der Waals surface area contributed by atoms with Gasteiger partial charge in [-0.1, -0.05) is 6.42 Å². The van der Waals surface area contributed by atoms with Gasteiger partial charge in [-0.15, -0.1) is 11.3 Å². The molecular formula is C21H29N5O2S. The van der Waals surface area contributed by atoms with Crippen molar-refractivity contribution in [2.45, 2.75) is 51.1 Å². The van der Waals surface area contributed by atoms with Gasteiger partial charge in [-0.25, -0.2) is 4.98 Å². The number of piperidine rings is 3. The van der Waals surface area contributed by atoms with Gasteiger partial charge in [0.15, 0.2) is 4.96 Å². The van der Waals surface area contributed by atoms with Gasteiger partial charge in [0.1, 0.15) is 0 Å². The lowest BCUT2D eigenvalue weighted by atomic mass is 9.72. The Morgan fingerprint density at radius 2 is 2.14 bits per heavy atom. The number of imidazole rings is 1. The number of rotatable bonds is 4. The van der Waals surface area contributed by atoms with E-state index in [4.69, 9.17) is 0 Å². The van der Waals surface area contributed by atoms with Crippen molar-refractivity contribution in [2.75, 3.05) is 26.2 Å². The first kappa shape index (κ1) is 19.1. The van der Waals surface area contributed by atoms with Crippen LogP contribution in [0.1, 0.15) is 38.3 Å². The summed E-state index contributed by atoms with van der Waals surface area (Å²) in [4.78, 5) is 34.9. The van der Waals surface area contributed by atoms with Crippen molar-refractivity contribution in [3.05, 3.63) is 23.5 Å². The van der Waals surface area contributed by atoms with Crippen molar-refractivity contribution in [1.29, 1.82) is 0 Å². The van der Waals surface area contributed by atoms with Gasteiger partial charge in [0.25, 0.3) is 0 Å². The predicted molar refractivity (Wildman–Crippen MR) is 112 cm³/mol. The van der Waals surface area contributed by atoms with E-state index in [0.29, 0.717) is 36.9 Å². The zero-order chi connectivity index (χ0) is 20.0. The largest absolute Gasteiger partial charge is 0.355 e. The number of fused-ring (bicyclic) bond motifs is 5. The van der Waals surface area contributed by atoms with Crippen LogP contribution in [-0.4, -0.2) is 69.3 Å². The number of amides is 2. The zero-order valence-electron chi connectivity index (χ0n) is 16.9. The molecule has 5 rings (SSSR count). The maximum atomic E-state index is 13.1. The molecule has 7 nitrogen and oxygen atoms in total. The molecule has 0 unspecified atom stereocenters. The molecule has 0 spiro atoms. The van der Waals surface area contributed by atoms with Crippen LogP contribution in [-0.2, 0) is 16.0 Å². The van der Waals surface area contributed by atoms with E-state index in [1.807, 2.05) is 22.2 Å². The lowest BCUT2D eigenvalue weighted by Crippen LogP contribution is -2.66. The van der Waals surface area contributed by atoms with Crippen molar-refractivity contribution >= 4 is 28.1 Å². The molecule has 3 aliphatic heterocycles. The molecule has 3 aliphatic rings. The third-order valence-corrected chi connectivity index (χ3v) is 7.78. The monoisotopic (exact) mass is 415 g/mol. The quantitative estimate of drug-likeness (QED) is 0.826. The molecule has 29 heavy (non-hydrogen) atoms. The second kappa shape index (κ2) is 7.72. The molecule has 3 saturated heterocycles. The number of thiazole rings is 1. The Morgan fingerprint density at radius 1 is 1.28 bits per heavy atom. The van der Waals surface area contributed by atoms with E-state index in [-0.39, 0.29) is 11.8 Å². The Morgan fingerprint density at radius 3 is 2.97 bits per heavy atom. The number of nitrogens with zero attached hydrogens (tertiary/aromatic N) is 4. The molecular weight excluding hydrogens is 386 g/mol. The van der Waals surface area contributed by atoms with E-state index in [1.54, 1.807) is 18.3 Å². The van der Waals surface area contributed by atoms with Gasteiger partial charge in [-0.3, -0.25) is 18.9 Å². The minimum Gasteiger partial charge on any atom is -0.355 e. The van der Waals surface area contributed by atoms with Gasteiger partial charge >= 0.3 is 0 Å². The molecule has 0 aromatic carbocycles. The second-order valence-corrected chi connectivity index (χ2v) is 9.73. The van der Waals surface area contributed by atoms with Crippen LogP contribution in [0.25, 0.3) is 4.96 Å². The number of aromatic nitrogens is 2. The van der Waals surface area contributed by atoms with E-state index in [2.05, 4.69) is 20.1 Å². The van der Waals surface area contributed by atoms with Gasteiger partial charge in [0, 0.05) is 56.4 Å². The Balaban J connectivity index is 1.32. The van der Waals surface area contributed by atoms with Gasteiger partial charge in [-0.05, 0) is 37.6 Å². The molecule has 0 radical (unpaired) electrons. The van der Waals surface area contributed by atoms with E-state index in [1.165, 1.54) is 25.7 Å². The number of nitrogens with one attached hydrogen (secondary N) is 1. The summed E-state index contributed by atoms with van der Waals surface area (Å²) in [6, 6.07) is 0.890. The summed E-state index contributed by atoms with van der Waals surface area (Å²) < 4.78 is 1.99. The second-order valence-electron chi connectivity index (χ2n) is 8.86. The van der Waals surface area contributed by atoms with Gasteiger partial charge in [0.2, 0.25) is 11.8 Å². The molecule has 2 bridgehead atoms. The third-order valence-electron chi connectivity index (χ3n) is 7.01. The minimum absolute atomic E-state index is 0.0316. The summed E-state index contributed by atoms with van der Waals surface area (Å²) in [5, 5.41) is 5.06. The van der Waals surface area contributed by atoms with E-state index in [0.717, 1.165) is 30.3 Å². The van der Waals surface area contributed by atoms with Gasteiger partial charge < -0.3 is 10.2 Å². The molecule has 2 aromatic rings. The van der Waals surface area contributed by atoms with Crippen molar-refractivity contribution in [3.8, 4) is 0 Å². The first-order chi connectivity index (χ1) is 14.1. The molecule has 8 heteroatoms. The number of carbonyl (C=O) groups excluding carboxylic acids is 2. The summed E-state index contributed by atoms with van der Waals surface area (Å²) in [6.45, 7) is 5.08. The Hall–Kier alpha value is -1.93. The lowest BCUT2D eigenvalue weighted by Gasteiger charge is -2.56. The highest BCUT2D eigenvalue weighted by Gasteiger charge is 2.47. The summed E-state index contributed by atoms with van der Waals surface area (Å²) in [6.07, 6.45) is 9.23. The number of likely N-dealkylation sites (tertiary alicyclic amines) is 1. The number of hydrogen-bond donors (Lipinski definition) is 1. The summed E-state index contributed by atoms with van der Waals surface area (Å²) >= 11 is 1.59. The normalized spacial score (nSPS) is 29.6. The fourth-order valence-corrected chi connectivity index (χ4v) is 6.49. The number of carbonyl (C=O) groups is 2. The molecule has 3 fully saturated rings. The first-order valence-electron chi connectivity index (χ1n) is 10.8. The summed E-state index contributed by atoms with van der Waals surface area (Å²) in [7, 11) is 0. The Kier molecular flexibility index (Phi) is 5.07. The van der Waals surface area contributed by atoms with E-state index in [9.17, 15) is 9.59 Å². The molecule has 0 saturated carbocycles. The average molecular weight is 416 g/mol. The van der Waals surface area contributed by atoms with Crippen LogP contribution < -0.4 is 5.32 Å².